The molecular weight excluding hydrogens is 533 g/mol. The van der Waals surface area contributed by atoms with E-state index in [2.05, 4.69) is 59.7 Å². The van der Waals surface area contributed by atoms with Gasteiger partial charge in [-0.05, 0) is 50.4 Å². The van der Waals surface area contributed by atoms with Crippen molar-refractivity contribution in [2.75, 3.05) is 13.1 Å². The zero-order valence-corrected chi connectivity index (χ0v) is 23.2. The average molecular weight is 562 g/mol. The van der Waals surface area contributed by atoms with Crippen molar-refractivity contribution in [3.8, 4) is 6.07 Å². The maximum Gasteiger partial charge on any atom is 0.286 e. The fourth-order valence-corrected chi connectivity index (χ4v) is 8.22. The van der Waals surface area contributed by atoms with Gasteiger partial charge in [0, 0.05) is 38.3 Å². The summed E-state index contributed by atoms with van der Waals surface area (Å²) in [7, 11) is -3.49. The van der Waals surface area contributed by atoms with Crippen molar-refractivity contribution >= 4 is 34.8 Å². The van der Waals surface area contributed by atoms with E-state index in [-0.39, 0.29) is 5.69 Å². The van der Waals surface area contributed by atoms with Gasteiger partial charge >= 0.3 is 0 Å². The van der Waals surface area contributed by atoms with Crippen LogP contribution in [0.1, 0.15) is 22.7 Å². The van der Waals surface area contributed by atoms with E-state index in [0.29, 0.717) is 31.7 Å². The zero-order valence-electron chi connectivity index (χ0n) is 22.3. The summed E-state index contributed by atoms with van der Waals surface area (Å²) in [6.07, 6.45) is 0. The topological polar surface area (TPSA) is 103 Å². The van der Waals surface area contributed by atoms with Crippen molar-refractivity contribution in [2.24, 2.45) is 0 Å². The van der Waals surface area contributed by atoms with Crippen molar-refractivity contribution in [3.05, 3.63) is 136 Å². The monoisotopic (exact) mass is 561 g/mol. The number of nitrogens with zero attached hydrogens (tertiary/aromatic N) is 4. The van der Waals surface area contributed by atoms with E-state index in [1.54, 1.807) is 12.1 Å². The molecule has 41 heavy (non-hydrogen) atoms. The minimum Gasteiger partial charge on any atom is -0.270 e. The molecular formula is C32H28N5O3P. The van der Waals surface area contributed by atoms with Crippen LogP contribution in [0.2, 0.25) is 0 Å². The Labute approximate surface area is 238 Å². The van der Waals surface area contributed by atoms with Gasteiger partial charge in [-0.1, -0.05) is 84.9 Å². The minimum absolute atomic E-state index is 0.0619. The van der Waals surface area contributed by atoms with Crippen LogP contribution in [0.25, 0.3) is 21.5 Å². The van der Waals surface area contributed by atoms with Crippen LogP contribution in [0.15, 0.2) is 109 Å². The first-order chi connectivity index (χ1) is 20.0. The Hall–Kier alpha value is -4.38. The van der Waals surface area contributed by atoms with Crippen molar-refractivity contribution in [2.45, 2.75) is 19.1 Å². The van der Waals surface area contributed by atoms with E-state index in [4.69, 9.17) is 0 Å². The van der Waals surface area contributed by atoms with E-state index < -0.39 is 18.6 Å². The number of non-ortho nitro benzene ring substituents is 1. The molecule has 1 saturated heterocycles. The van der Waals surface area contributed by atoms with Crippen molar-refractivity contribution in [1.82, 2.24) is 14.4 Å². The predicted molar refractivity (Wildman–Crippen MR) is 161 cm³/mol. The lowest BCUT2D eigenvalue weighted by molar-refractivity contribution is -0.384. The Bertz CT molecular complexity index is 1730. The lowest BCUT2D eigenvalue weighted by Gasteiger charge is -2.33. The maximum atomic E-state index is 15.2. The average Bonchev–Trinajstić information content (AvgIpc) is 3.30. The quantitative estimate of drug-likeness (QED) is 0.122. The molecule has 0 amide bonds. The number of fused-ring (bicyclic) bond motifs is 2. The second kappa shape index (κ2) is 11.2. The number of hydrogen-bond acceptors (Lipinski definition) is 4. The van der Waals surface area contributed by atoms with Crippen LogP contribution < -0.4 is 5.09 Å². The lowest BCUT2D eigenvalue weighted by Crippen LogP contribution is -2.31. The third kappa shape index (κ3) is 5.24. The second-order valence-corrected chi connectivity index (χ2v) is 12.6. The van der Waals surface area contributed by atoms with E-state index in [1.165, 1.54) is 12.1 Å². The van der Waals surface area contributed by atoms with Gasteiger partial charge in [0.25, 0.3) is 13.3 Å². The molecule has 5 aromatic rings. The molecule has 6 rings (SSSR count). The molecule has 1 N–H and O–H groups in total. The highest BCUT2D eigenvalue weighted by Gasteiger charge is 2.44. The van der Waals surface area contributed by atoms with Gasteiger partial charge in [-0.3, -0.25) is 14.7 Å². The van der Waals surface area contributed by atoms with Crippen molar-refractivity contribution in [1.29, 1.82) is 5.26 Å². The van der Waals surface area contributed by atoms with E-state index in [0.717, 1.165) is 32.7 Å². The Balaban J connectivity index is 1.37. The van der Waals surface area contributed by atoms with Crippen LogP contribution in [0.5, 0.6) is 0 Å². The molecule has 5 aromatic carbocycles. The van der Waals surface area contributed by atoms with Gasteiger partial charge in [0.15, 0.2) is 0 Å². The molecule has 204 valence electrons. The molecule has 0 spiro atoms. The summed E-state index contributed by atoms with van der Waals surface area (Å²) in [5, 5.41) is 29.0. The summed E-state index contributed by atoms with van der Waals surface area (Å²) >= 11 is 0. The molecule has 1 fully saturated rings. The van der Waals surface area contributed by atoms with E-state index in [1.807, 2.05) is 45.7 Å². The van der Waals surface area contributed by atoms with Gasteiger partial charge in [-0.25, -0.2) is 14.4 Å². The number of nitriles is 1. The number of nitrogens with one attached hydrogen (secondary N) is 1. The third-order valence-corrected chi connectivity index (χ3v) is 10.5. The standard InChI is InChI=1S/C32H28N5O3P/c33-21-32(26-15-17-29(18-16-26)37(38)39)34-41(40)35(22-27-11-5-9-24-7-1-3-13-30(24)27)19-20-36(41)23-28-12-6-10-25-8-2-4-14-31(25)28/h1-18,32H,19-20,22-23H2,(H,34,40)/t32-/m1/s1. The molecule has 1 aliphatic heterocycles. The highest BCUT2D eigenvalue weighted by Crippen LogP contribution is 2.56. The zero-order chi connectivity index (χ0) is 28.4. The normalized spacial score (nSPS) is 16.1. The van der Waals surface area contributed by atoms with Crippen LogP contribution in [0.4, 0.5) is 5.69 Å². The largest absolute Gasteiger partial charge is 0.286 e. The fourth-order valence-electron chi connectivity index (χ4n) is 5.58. The van der Waals surface area contributed by atoms with Gasteiger partial charge in [-0.2, -0.15) is 5.26 Å². The van der Waals surface area contributed by atoms with Crippen molar-refractivity contribution in [3.63, 3.8) is 0 Å². The van der Waals surface area contributed by atoms with E-state index >= 15 is 4.57 Å². The lowest BCUT2D eigenvalue weighted by atomic mass is 10.0. The first-order valence-corrected chi connectivity index (χ1v) is 15.0. The molecule has 0 bridgehead atoms. The number of benzene rings is 5. The number of nitro benzene ring substituents is 1. The van der Waals surface area contributed by atoms with E-state index in [9.17, 15) is 15.4 Å². The smallest absolute Gasteiger partial charge is 0.270 e. The van der Waals surface area contributed by atoms with Crippen molar-refractivity contribution < 1.29 is 9.49 Å². The molecule has 8 nitrogen and oxygen atoms in total. The van der Waals surface area contributed by atoms with Crippen LogP contribution in [0, 0.1) is 21.4 Å². The van der Waals surface area contributed by atoms with Gasteiger partial charge in [0.05, 0.1) is 11.0 Å². The predicted octanol–water partition coefficient (Wildman–Crippen LogP) is 7.18. The summed E-state index contributed by atoms with van der Waals surface area (Å²) in [5.74, 6) is 0. The SMILES string of the molecule is N#C[C@@H](NP1(=O)N(Cc2cccc3ccccc23)CCN1Cc1cccc2ccccc12)c1ccc([N+](=O)[O-])cc1. The maximum absolute atomic E-state index is 15.2. The summed E-state index contributed by atoms with van der Waals surface area (Å²) in [5.41, 5.74) is 2.57. The summed E-state index contributed by atoms with van der Waals surface area (Å²) < 4.78 is 19.1. The summed E-state index contributed by atoms with van der Waals surface area (Å²) in [4.78, 5) is 10.7. The van der Waals surface area contributed by atoms with Gasteiger partial charge in [-0.15, -0.1) is 0 Å². The van der Waals surface area contributed by atoms with Gasteiger partial charge < -0.3 is 0 Å². The van der Waals surface area contributed by atoms with Crippen LogP contribution in [0.3, 0.4) is 0 Å². The summed E-state index contributed by atoms with van der Waals surface area (Å²) in [6.45, 7) is 1.99. The Morgan fingerprint density at radius 3 is 1.76 bits per heavy atom. The highest BCUT2D eigenvalue weighted by atomic mass is 31.2. The molecule has 9 heteroatoms. The highest BCUT2D eigenvalue weighted by molar-refractivity contribution is 7.57. The number of rotatable bonds is 8. The third-order valence-electron chi connectivity index (χ3n) is 7.71. The number of hydrogen-bond donors (Lipinski definition) is 1. The molecule has 1 atom stereocenters. The minimum atomic E-state index is -3.49. The molecule has 0 aromatic heterocycles. The Kier molecular flexibility index (Phi) is 7.36. The van der Waals surface area contributed by atoms with Crippen LogP contribution in [-0.2, 0) is 17.7 Å². The molecule has 0 unspecified atom stereocenters. The number of nitro groups is 1. The summed E-state index contributed by atoms with van der Waals surface area (Å²) in [6, 6.07) is 35.7. The first kappa shape index (κ1) is 26.8. The molecule has 0 aliphatic carbocycles. The molecule has 0 radical (unpaired) electrons. The molecule has 0 saturated carbocycles. The first-order valence-electron chi connectivity index (χ1n) is 13.4. The molecule has 1 aliphatic rings. The van der Waals surface area contributed by atoms with Crippen LogP contribution in [-0.4, -0.2) is 27.4 Å². The second-order valence-electron chi connectivity index (χ2n) is 10.1. The van der Waals surface area contributed by atoms with Gasteiger partial charge in [0.1, 0.15) is 6.04 Å². The van der Waals surface area contributed by atoms with Gasteiger partial charge in [0.2, 0.25) is 0 Å². The Morgan fingerprint density at radius 1 is 0.780 bits per heavy atom. The molecule has 1 heterocycles. The fraction of sp³-hybridized carbons (Fsp3) is 0.156. The Morgan fingerprint density at radius 2 is 1.27 bits per heavy atom. The van der Waals surface area contributed by atoms with Crippen LogP contribution >= 0.6 is 7.59 Å².